The van der Waals surface area contributed by atoms with Gasteiger partial charge in [-0.05, 0) is 24.6 Å². The predicted molar refractivity (Wildman–Crippen MR) is 86.1 cm³/mol. The Labute approximate surface area is 138 Å². The van der Waals surface area contributed by atoms with E-state index in [-0.39, 0.29) is 12.0 Å². The number of esters is 1. The molecule has 0 radical (unpaired) electrons. The Kier molecular flexibility index (Phi) is 3.96. The molecule has 0 aliphatic heterocycles. The van der Waals surface area contributed by atoms with Crippen LogP contribution in [0.25, 0.3) is 0 Å². The SMILES string of the molecule is COC(=O)[C@@H]1[C@H](c2cccc(OC)c2)c2c([nH][nH]c2=O)C[C@]1(C)O. The van der Waals surface area contributed by atoms with Crippen molar-refractivity contribution in [3.63, 3.8) is 0 Å². The lowest BCUT2D eigenvalue weighted by atomic mass is 9.66. The molecule has 1 aliphatic rings. The fourth-order valence-corrected chi connectivity index (χ4v) is 3.58. The molecule has 7 nitrogen and oxygen atoms in total. The highest BCUT2D eigenvalue weighted by Crippen LogP contribution is 2.44. The van der Waals surface area contributed by atoms with Crippen LogP contribution in [0.2, 0.25) is 0 Å². The van der Waals surface area contributed by atoms with Crippen LogP contribution >= 0.6 is 0 Å². The summed E-state index contributed by atoms with van der Waals surface area (Å²) < 4.78 is 10.2. The Morgan fingerprint density at radius 2 is 2.08 bits per heavy atom. The van der Waals surface area contributed by atoms with Crippen molar-refractivity contribution < 1.29 is 19.4 Å². The molecule has 0 fully saturated rings. The van der Waals surface area contributed by atoms with Gasteiger partial charge < -0.3 is 19.7 Å². The van der Waals surface area contributed by atoms with E-state index in [4.69, 9.17) is 9.47 Å². The van der Waals surface area contributed by atoms with Crippen LogP contribution in [0.15, 0.2) is 29.1 Å². The zero-order valence-corrected chi connectivity index (χ0v) is 13.8. The summed E-state index contributed by atoms with van der Waals surface area (Å²) >= 11 is 0. The van der Waals surface area contributed by atoms with Gasteiger partial charge in [-0.1, -0.05) is 12.1 Å². The number of aliphatic hydroxyl groups is 1. The fraction of sp³-hybridized carbons (Fsp3) is 0.412. The normalized spacial score (nSPS) is 25.8. The molecule has 2 aromatic rings. The number of hydrogen-bond acceptors (Lipinski definition) is 5. The largest absolute Gasteiger partial charge is 0.497 e. The van der Waals surface area contributed by atoms with Gasteiger partial charge in [0.25, 0.3) is 5.56 Å². The molecule has 24 heavy (non-hydrogen) atoms. The number of nitrogens with one attached hydrogen (secondary N) is 2. The average Bonchev–Trinajstić information content (AvgIpc) is 2.92. The summed E-state index contributed by atoms with van der Waals surface area (Å²) in [5.74, 6) is -1.49. The standard InChI is InChI=1S/C17H20N2O5/c1-17(22)8-11-13(15(20)19-18-11)12(14(17)16(21)24-3)9-5-4-6-10(7-9)23-2/h4-7,12,14,22H,8H2,1-3H3,(H2,18,19,20)/t12-,14+,17+/m1/s1. The summed E-state index contributed by atoms with van der Waals surface area (Å²) in [4.78, 5) is 24.7. The maximum absolute atomic E-state index is 12.4. The molecule has 7 heteroatoms. The summed E-state index contributed by atoms with van der Waals surface area (Å²) in [7, 11) is 2.82. The molecule has 0 saturated heterocycles. The first-order valence-electron chi connectivity index (χ1n) is 7.62. The maximum atomic E-state index is 12.4. The highest BCUT2D eigenvalue weighted by molar-refractivity contribution is 5.77. The second-order valence-electron chi connectivity index (χ2n) is 6.26. The molecule has 1 aliphatic carbocycles. The van der Waals surface area contributed by atoms with Gasteiger partial charge in [-0.2, -0.15) is 0 Å². The molecule has 0 spiro atoms. The van der Waals surface area contributed by atoms with Crippen molar-refractivity contribution in [2.45, 2.75) is 24.9 Å². The van der Waals surface area contributed by atoms with E-state index in [2.05, 4.69) is 10.2 Å². The average molecular weight is 332 g/mol. The van der Waals surface area contributed by atoms with Gasteiger partial charge in [0.1, 0.15) is 5.75 Å². The van der Waals surface area contributed by atoms with Crippen molar-refractivity contribution in [3.05, 3.63) is 51.4 Å². The summed E-state index contributed by atoms with van der Waals surface area (Å²) in [6.45, 7) is 1.58. The van der Waals surface area contributed by atoms with Crippen molar-refractivity contribution in [1.29, 1.82) is 0 Å². The maximum Gasteiger partial charge on any atom is 0.312 e. The Morgan fingerprint density at radius 1 is 1.33 bits per heavy atom. The minimum absolute atomic E-state index is 0.154. The van der Waals surface area contributed by atoms with Gasteiger partial charge in [0.05, 0.1) is 25.7 Å². The van der Waals surface area contributed by atoms with Gasteiger partial charge in [0.2, 0.25) is 0 Å². The second kappa shape index (κ2) is 5.83. The molecule has 1 aromatic carbocycles. The number of ether oxygens (including phenoxy) is 2. The number of carbonyl (C=O) groups is 1. The number of fused-ring (bicyclic) bond motifs is 1. The number of carbonyl (C=O) groups excluding carboxylic acids is 1. The molecule has 0 saturated carbocycles. The Bertz CT molecular complexity index is 820. The highest BCUT2D eigenvalue weighted by Gasteiger charge is 2.51. The number of methoxy groups -OCH3 is 2. The lowest BCUT2D eigenvalue weighted by molar-refractivity contribution is -0.156. The van der Waals surface area contributed by atoms with Crippen LogP contribution in [0.3, 0.4) is 0 Å². The van der Waals surface area contributed by atoms with Gasteiger partial charge in [-0.25, -0.2) is 0 Å². The van der Waals surface area contributed by atoms with E-state index in [0.717, 1.165) is 0 Å². The van der Waals surface area contributed by atoms with Gasteiger partial charge in [0, 0.05) is 23.6 Å². The van der Waals surface area contributed by atoms with Crippen molar-refractivity contribution >= 4 is 5.97 Å². The van der Waals surface area contributed by atoms with Gasteiger partial charge >= 0.3 is 5.97 Å². The number of rotatable bonds is 3. The minimum atomic E-state index is -1.36. The van der Waals surface area contributed by atoms with Crippen LogP contribution < -0.4 is 10.3 Å². The molecular weight excluding hydrogens is 312 g/mol. The summed E-state index contributed by atoms with van der Waals surface area (Å²) in [6.07, 6.45) is 0.154. The van der Waals surface area contributed by atoms with E-state index < -0.39 is 23.4 Å². The Morgan fingerprint density at radius 3 is 2.75 bits per heavy atom. The minimum Gasteiger partial charge on any atom is -0.497 e. The molecule has 3 rings (SSSR count). The highest BCUT2D eigenvalue weighted by atomic mass is 16.5. The van der Waals surface area contributed by atoms with Crippen LogP contribution in [-0.2, 0) is 16.0 Å². The van der Waals surface area contributed by atoms with Gasteiger partial charge in [-0.3, -0.25) is 14.7 Å². The van der Waals surface area contributed by atoms with Crippen LogP contribution in [0, 0.1) is 5.92 Å². The second-order valence-corrected chi connectivity index (χ2v) is 6.26. The number of H-pyrrole nitrogens is 2. The molecule has 0 amide bonds. The number of aromatic nitrogens is 2. The van der Waals surface area contributed by atoms with Gasteiger partial charge in [-0.15, -0.1) is 0 Å². The molecule has 128 valence electrons. The first-order chi connectivity index (χ1) is 11.4. The molecule has 3 atom stereocenters. The zero-order valence-electron chi connectivity index (χ0n) is 13.8. The first-order valence-corrected chi connectivity index (χ1v) is 7.62. The number of hydrogen-bond donors (Lipinski definition) is 3. The third kappa shape index (κ3) is 2.50. The quantitative estimate of drug-likeness (QED) is 0.726. The smallest absolute Gasteiger partial charge is 0.312 e. The molecule has 1 aromatic heterocycles. The summed E-state index contributed by atoms with van der Waals surface area (Å²) in [6, 6.07) is 7.13. The van der Waals surface area contributed by atoms with E-state index in [1.54, 1.807) is 38.3 Å². The third-order valence-corrected chi connectivity index (χ3v) is 4.65. The predicted octanol–water partition coefficient (Wildman–Crippen LogP) is 0.940. The number of aromatic amines is 2. The monoisotopic (exact) mass is 332 g/mol. The van der Waals surface area contributed by atoms with Crippen LogP contribution in [0.1, 0.15) is 29.7 Å². The Balaban J connectivity index is 2.25. The molecule has 3 N–H and O–H groups in total. The van der Waals surface area contributed by atoms with Crippen LogP contribution in [0.5, 0.6) is 5.75 Å². The van der Waals surface area contributed by atoms with Crippen molar-refractivity contribution in [2.75, 3.05) is 14.2 Å². The Hall–Kier alpha value is -2.54. The first kappa shape index (κ1) is 16.3. The van der Waals surface area contributed by atoms with E-state index in [1.807, 2.05) is 0 Å². The van der Waals surface area contributed by atoms with Crippen molar-refractivity contribution in [3.8, 4) is 5.75 Å². The number of benzene rings is 1. The van der Waals surface area contributed by atoms with Crippen LogP contribution in [0.4, 0.5) is 0 Å². The zero-order chi connectivity index (χ0) is 17.5. The molecule has 0 unspecified atom stereocenters. The molecule has 1 heterocycles. The topological polar surface area (TPSA) is 104 Å². The van der Waals surface area contributed by atoms with E-state index in [0.29, 0.717) is 22.6 Å². The van der Waals surface area contributed by atoms with Gasteiger partial charge in [0.15, 0.2) is 0 Å². The van der Waals surface area contributed by atoms with Crippen LogP contribution in [-0.4, -0.2) is 41.1 Å². The molecule has 0 bridgehead atoms. The van der Waals surface area contributed by atoms with E-state index in [9.17, 15) is 14.7 Å². The fourth-order valence-electron chi connectivity index (χ4n) is 3.58. The lowest BCUT2D eigenvalue weighted by Crippen LogP contribution is -2.49. The van der Waals surface area contributed by atoms with E-state index >= 15 is 0 Å². The van der Waals surface area contributed by atoms with Crippen molar-refractivity contribution in [2.24, 2.45) is 5.92 Å². The third-order valence-electron chi connectivity index (χ3n) is 4.65. The lowest BCUT2D eigenvalue weighted by Gasteiger charge is -2.40. The van der Waals surface area contributed by atoms with E-state index in [1.165, 1.54) is 7.11 Å². The summed E-state index contributed by atoms with van der Waals surface area (Å²) in [5.41, 5.74) is 0.0837. The van der Waals surface area contributed by atoms with Crippen molar-refractivity contribution in [1.82, 2.24) is 10.2 Å². The summed E-state index contributed by atoms with van der Waals surface area (Å²) in [5, 5.41) is 16.2. The molecular formula is C17H20N2O5.